The van der Waals surface area contributed by atoms with Crippen LogP contribution >= 0.6 is 0 Å². The number of imide groups is 1. The zero-order valence-corrected chi connectivity index (χ0v) is 21.4. The Bertz CT molecular complexity index is 1800. The normalized spacial score (nSPS) is 22.8. The van der Waals surface area contributed by atoms with E-state index in [2.05, 4.69) is 0 Å². The summed E-state index contributed by atoms with van der Waals surface area (Å²) in [5.41, 5.74) is 2.72. The molecule has 2 saturated heterocycles. The van der Waals surface area contributed by atoms with Gasteiger partial charge in [-0.05, 0) is 29.3 Å². The van der Waals surface area contributed by atoms with E-state index in [0.717, 1.165) is 26.9 Å². The Morgan fingerprint density at radius 2 is 1.57 bits per heavy atom. The van der Waals surface area contributed by atoms with Crippen LogP contribution in [0.25, 0.3) is 16.8 Å². The molecule has 4 atom stereocenters. The van der Waals surface area contributed by atoms with Gasteiger partial charge in [-0.25, -0.2) is 4.90 Å². The number of nitro benzene ring substituents is 1. The fourth-order valence-corrected chi connectivity index (χ4v) is 6.59. The van der Waals surface area contributed by atoms with Crippen LogP contribution in [-0.2, 0) is 9.59 Å². The lowest BCUT2D eigenvalue weighted by atomic mass is 9.86. The minimum absolute atomic E-state index is 0.183. The van der Waals surface area contributed by atoms with Crippen LogP contribution in [-0.4, -0.2) is 34.6 Å². The van der Waals surface area contributed by atoms with Crippen molar-refractivity contribution in [3.8, 4) is 0 Å². The third kappa shape index (κ3) is 3.29. The van der Waals surface area contributed by atoms with Crippen molar-refractivity contribution in [2.75, 3.05) is 9.80 Å². The zero-order valence-electron chi connectivity index (χ0n) is 21.4. The second-order valence-corrected chi connectivity index (χ2v) is 10.4. The molecular weight excluding hydrogens is 506 g/mol. The fourth-order valence-electron chi connectivity index (χ4n) is 6.59. The van der Waals surface area contributed by atoms with Crippen molar-refractivity contribution in [3.05, 3.63) is 118 Å². The number of benzene rings is 4. The summed E-state index contributed by atoms with van der Waals surface area (Å²) in [7, 11) is 0. The van der Waals surface area contributed by atoms with E-state index in [-0.39, 0.29) is 17.2 Å². The van der Waals surface area contributed by atoms with Crippen LogP contribution in [0.1, 0.15) is 21.5 Å². The van der Waals surface area contributed by atoms with E-state index in [0.29, 0.717) is 11.1 Å². The number of Topliss-reactive ketones (excluding diaryl/α,β-unsaturated/α-hetero) is 1. The van der Waals surface area contributed by atoms with Gasteiger partial charge >= 0.3 is 0 Å². The molecule has 7 rings (SSSR count). The summed E-state index contributed by atoms with van der Waals surface area (Å²) >= 11 is 0. The lowest BCUT2D eigenvalue weighted by molar-refractivity contribution is -0.384. The maximum absolute atomic E-state index is 14.2. The van der Waals surface area contributed by atoms with E-state index in [1.807, 2.05) is 59.5 Å². The number of aryl methyl sites for hydroxylation is 1. The first-order valence-corrected chi connectivity index (χ1v) is 13.1. The van der Waals surface area contributed by atoms with Crippen molar-refractivity contribution in [1.82, 2.24) is 0 Å². The Morgan fingerprint density at radius 1 is 0.850 bits per heavy atom. The molecule has 0 N–H and O–H groups in total. The molecule has 3 aliphatic rings. The van der Waals surface area contributed by atoms with Crippen LogP contribution in [0.4, 0.5) is 17.1 Å². The Balaban J connectivity index is 1.40. The van der Waals surface area contributed by atoms with Crippen molar-refractivity contribution in [3.63, 3.8) is 0 Å². The molecule has 0 radical (unpaired) electrons. The van der Waals surface area contributed by atoms with E-state index in [9.17, 15) is 24.5 Å². The number of non-ortho nitro benzene ring substituents is 1. The second-order valence-electron chi connectivity index (χ2n) is 10.4. The van der Waals surface area contributed by atoms with Crippen LogP contribution in [0, 0.1) is 28.9 Å². The van der Waals surface area contributed by atoms with Crippen molar-refractivity contribution in [2.24, 2.45) is 11.8 Å². The Hall–Kier alpha value is -5.11. The summed E-state index contributed by atoms with van der Waals surface area (Å²) in [6.45, 7) is 1.70. The molecule has 3 heterocycles. The van der Waals surface area contributed by atoms with Gasteiger partial charge in [0.1, 0.15) is 6.04 Å². The Labute approximate surface area is 229 Å². The number of ketones is 1. The Kier molecular flexibility index (Phi) is 5.22. The molecule has 8 nitrogen and oxygen atoms in total. The molecule has 2 fully saturated rings. The van der Waals surface area contributed by atoms with Gasteiger partial charge < -0.3 is 4.90 Å². The second kappa shape index (κ2) is 8.71. The van der Waals surface area contributed by atoms with Gasteiger partial charge in [0.25, 0.3) is 5.69 Å². The van der Waals surface area contributed by atoms with Crippen LogP contribution in [0.15, 0.2) is 91.0 Å². The molecule has 0 aromatic heterocycles. The van der Waals surface area contributed by atoms with E-state index >= 15 is 0 Å². The number of fused-ring (bicyclic) bond motifs is 7. The average Bonchev–Trinajstić information content (AvgIpc) is 3.45. The first-order valence-electron chi connectivity index (χ1n) is 13.1. The predicted octanol–water partition coefficient (Wildman–Crippen LogP) is 5.33. The van der Waals surface area contributed by atoms with Gasteiger partial charge in [0, 0.05) is 28.9 Å². The quantitative estimate of drug-likeness (QED) is 0.153. The molecule has 0 unspecified atom stereocenters. The SMILES string of the molecule is Cc1ccc([N+](=O)[O-])cc1N1C(=O)[C@@H]2[C@H](C1=O)[C@@H](C(=O)c1ccccc1)N1c3ccc4ccccc4c3C=C[C@H]21. The summed E-state index contributed by atoms with van der Waals surface area (Å²) in [6, 6.07) is 23.4. The average molecular weight is 530 g/mol. The van der Waals surface area contributed by atoms with Crippen molar-refractivity contribution in [1.29, 1.82) is 0 Å². The number of nitro groups is 1. The van der Waals surface area contributed by atoms with E-state index in [4.69, 9.17) is 0 Å². The van der Waals surface area contributed by atoms with Crippen molar-refractivity contribution in [2.45, 2.75) is 19.0 Å². The molecule has 0 saturated carbocycles. The highest BCUT2D eigenvalue weighted by Crippen LogP contribution is 2.51. The standard InChI is InChI=1S/C32H23N3O5/c1-18-11-13-21(35(39)40)17-26(18)34-31(37)27-25-16-14-23-22-10-6-5-7-19(22)12-15-24(23)33(25)29(28(27)32(34)38)30(36)20-8-3-2-4-9-20/h2-17,25,27-29H,1H3/t25-,27+,28+,29+/m1/s1. The largest absolute Gasteiger partial charge is 0.352 e. The van der Waals surface area contributed by atoms with Gasteiger partial charge in [0.2, 0.25) is 11.8 Å². The summed E-state index contributed by atoms with van der Waals surface area (Å²) in [6.07, 6.45) is 3.89. The van der Waals surface area contributed by atoms with Crippen LogP contribution in [0.5, 0.6) is 0 Å². The third-order valence-corrected chi connectivity index (χ3v) is 8.38. The summed E-state index contributed by atoms with van der Waals surface area (Å²) in [5, 5.41) is 13.6. The Morgan fingerprint density at radius 3 is 2.35 bits per heavy atom. The number of rotatable bonds is 4. The topological polar surface area (TPSA) is 101 Å². The lowest BCUT2D eigenvalue weighted by Gasteiger charge is -2.37. The molecule has 4 aromatic carbocycles. The zero-order chi connectivity index (χ0) is 27.7. The minimum Gasteiger partial charge on any atom is -0.352 e. The van der Waals surface area contributed by atoms with Crippen LogP contribution < -0.4 is 9.80 Å². The molecule has 8 heteroatoms. The summed E-state index contributed by atoms with van der Waals surface area (Å²) in [5.74, 6) is -2.99. The highest BCUT2D eigenvalue weighted by molar-refractivity contribution is 6.26. The molecule has 0 spiro atoms. The number of carbonyl (C=O) groups is 3. The monoisotopic (exact) mass is 529 g/mol. The maximum atomic E-state index is 14.2. The number of carbonyl (C=O) groups excluding carboxylic acids is 3. The fraction of sp³-hybridized carbons (Fsp3) is 0.156. The molecule has 0 bridgehead atoms. The summed E-state index contributed by atoms with van der Waals surface area (Å²) < 4.78 is 0. The molecular formula is C32H23N3O5. The smallest absolute Gasteiger partial charge is 0.271 e. The molecule has 3 aliphatic heterocycles. The number of anilines is 2. The van der Waals surface area contributed by atoms with Gasteiger partial charge in [-0.1, -0.05) is 78.9 Å². The van der Waals surface area contributed by atoms with Crippen molar-refractivity contribution >= 4 is 51.5 Å². The molecule has 2 amide bonds. The first kappa shape index (κ1) is 24.0. The molecule has 40 heavy (non-hydrogen) atoms. The van der Waals surface area contributed by atoms with Gasteiger partial charge in [-0.2, -0.15) is 0 Å². The van der Waals surface area contributed by atoms with Crippen LogP contribution in [0.3, 0.4) is 0 Å². The van der Waals surface area contributed by atoms with Crippen molar-refractivity contribution < 1.29 is 19.3 Å². The maximum Gasteiger partial charge on any atom is 0.271 e. The first-order chi connectivity index (χ1) is 19.4. The number of nitrogens with zero attached hydrogens (tertiary/aromatic N) is 3. The van der Waals surface area contributed by atoms with E-state index in [1.165, 1.54) is 18.2 Å². The van der Waals surface area contributed by atoms with Gasteiger partial charge in [0.05, 0.1) is 28.5 Å². The number of amides is 2. The highest BCUT2D eigenvalue weighted by Gasteiger charge is 2.64. The van der Waals surface area contributed by atoms with Gasteiger partial charge in [0.15, 0.2) is 5.78 Å². The number of hydrogen-bond donors (Lipinski definition) is 0. The third-order valence-electron chi connectivity index (χ3n) is 8.38. The minimum atomic E-state index is -0.953. The van der Waals surface area contributed by atoms with Gasteiger partial charge in [-0.15, -0.1) is 0 Å². The van der Waals surface area contributed by atoms with E-state index in [1.54, 1.807) is 31.2 Å². The lowest BCUT2D eigenvalue weighted by Crippen LogP contribution is -2.49. The molecule has 4 aromatic rings. The predicted molar refractivity (Wildman–Crippen MR) is 151 cm³/mol. The van der Waals surface area contributed by atoms with Crippen LogP contribution in [0.2, 0.25) is 0 Å². The summed E-state index contributed by atoms with van der Waals surface area (Å²) in [4.78, 5) is 56.4. The van der Waals surface area contributed by atoms with Gasteiger partial charge in [-0.3, -0.25) is 24.5 Å². The molecule has 0 aliphatic carbocycles. The van der Waals surface area contributed by atoms with E-state index < -0.39 is 40.7 Å². The number of hydrogen-bond acceptors (Lipinski definition) is 6. The highest BCUT2D eigenvalue weighted by atomic mass is 16.6. The molecule has 196 valence electrons.